The molecule has 0 amide bonds. The topological polar surface area (TPSA) is 154 Å². The van der Waals surface area contributed by atoms with E-state index >= 15 is 0 Å². The first kappa shape index (κ1) is 41.7. The summed E-state index contributed by atoms with van der Waals surface area (Å²) in [5, 5.41) is 0. The van der Waals surface area contributed by atoms with Gasteiger partial charge in [-0.05, 0) is 47.1 Å². The zero-order chi connectivity index (χ0) is 36.2. The van der Waals surface area contributed by atoms with Gasteiger partial charge in [0.25, 0.3) is 5.56 Å². The molecule has 3 N–H and O–H groups in total. The van der Waals surface area contributed by atoms with Gasteiger partial charge in [0.2, 0.25) is 5.95 Å². The minimum atomic E-state index is -2.34. The third-order valence-corrected chi connectivity index (χ3v) is 21.8. The number of aromatic amines is 1. The Kier molecular flexibility index (Phi) is 16.8. The number of fused-ring (bicyclic) bond motifs is 1. The second-order valence-electron chi connectivity index (χ2n) is 14.6. The number of anilines is 1. The molecule has 49 heavy (non-hydrogen) atoms. The van der Waals surface area contributed by atoms with Crippen molar-refractivity contribution in [3.05, 3.63) is 16.7 Å². The number of nitrogens with two attached hydrogens (primary N) is 1. The Hall–Kier alpha value is -1.70. The van der Waals surface area contributed by atoms with E-state index in [1.807, 2.05) is 4.57 Å². The highest BCUT2D eigenvalue weighted by molar-refractivity contribution is 6.77. The summed E-state index contributed by atoms with van der Waals surface area (Å²) in [6.07, 6.45) is 3.09. The molecule has 0 unspecified atom stereocenters. The van der Waals surface area contributed by atoms with Crippen LogP contribution in [0.5, 0.6) is 0 Å². The van der Waals surface area contributed by atoms with Crippen molar-refractivity contribution in [2.75, 3.05) is 66.2 Å². The molecule has 3 atom stereocenters. The SMILES string of the molecule is COCCOCCC[Si](OC[C@H]1O[C@@H](n2cnc3c(=O)[nH]c(N)nc32)C[C@@H]1O[Si](CCCOCCOC)(C(C)C)C(C)C)(C(C)C)C(C)C. The van der Waals surface area contributed by atoms with Crippen LogP contribution in [0.4, 0.5) is 5.95 Å². The molecule has 3 heterocycles. The number of imidazole rings is 1. The van der Waals surface area contributed by atoms with Gasteiger partial charge in [-0.3, -0.25) is 14.3 Å². The van der Waals surface area contributed by atoms with Crippen LogP contribution < -0.4 is 11.3 Å². The van der Waals surface area contributed by atoms with E-state index in [1.54, 1.807) is 20.5 Å². The summed E-state index contributed by atoms with van der Waals surface area (Å²) in [5.74, 6) is 0.0412. The first-order valence-electron chi connectivity index (χ1n) is 18.2. The van der Waals surface area contributed by atoms with Crippen molar-refractivity contribution in [3.8, 4) is 0 Å². The van der Waals surface area contributed by atoms with Crippen LogP contribution in [0.1, 0.15) is 80.9 Å². The van der Waals surface area contributed by atoms with Gasteiger partial charge < -0.3 is 38.3 Å². The van der Waals surface area contributed by atoms with Crippen molar-refractivity contribution in [3.63, 3.8) is 0 Å². The molecular weight excluding hydrogens is 663 g/mol. The summed E-state index contributed by atoms with van der Waals surface area (Å²) in [4.78, 5) is 24.0. The molecular formula is C34H65N5O8Si2. The molecule has 282 valence electrons. The van der Waals surface area contributed by atoms with Crippen molar-refractivity contribution >= 4 is 33.7 Å². The third kappa shape index (κ3) is 10.7. The van der Waals surface area contributed by atoms with Crippen molar-refractivity contribution in [1.29, 1.82) is 0 Å². The van der Waals surface area contributed by atoms with Crippen LogP contribution in [0.2, 0.25) is 34.3 Å². The quantitative estimate of drug-likeness (QED) is 0.0963. The lowest BCUT2D eigenvalue weighted by Gasteiger charge is -2.43. The van der Waals surface area contributed by atoms with Crippen LogP contribution in [0.25, 0.3) is 11.2 Å². The molecule has 0 spiro atoms. The van der Waals surface area contributed by atoms with Gasteiger partial charge in [0.15, 0.2) is 27.8 Å². The van der Waals surface area contributed by atoms with Gasteiger partial charge >= 0.3 is 0 Å². The summed E-state index contributed by atoms with van der Waals surface area (Å²) >= 11 is 0. The second kappa shape index (κ2) is 19.8. The fourth-order valence-electron chi connectivity index (χ4n) is 7.43. The molecule has 2 aromatic rings. The maximum Gasteiger partial charge on any atom is 0.280 e. The maximum absolute atomic E-state index is 12.6. The molecule has 1 aliphatic heterocycles. The van der Waals surface area contributed by atoms with Gasteiger partial charge in [-0.2, -0.15) is 4.98 Å². The first-order valence-corrected chi connectivity index (χ1v) is 22.7. The van der Waals surface area contributed by atoms with Crippen molar-refractivity contribution in [2.45, 2.75) is 127 Å². The third-order valence-electron chi connectivity index (χ3n) is 10.3. The number of H-pyrrole nitrogens is 1. The summed E-state index contributed by atoms with van der Waals surface area (Å²) in [6.45, 7) is 22.5. The molecule has 0 radical (unpaired) electrons. The Balaban J connectivity index is 1.91. The number of nitrogens with one attached hydrogen (secondary N) is 1. The van der Waals surface area contributed by atoms with Crippen LogP contribution in [0, 0.1) is 0 Å². The summed E-state index contributed by atoms with van der Waals surface area (Å²) < 4.78 is 45.3. The number of nitrogens with zero attached hydrogens (tertiary/aromatic N) is 3. The fourth-order valence-corrected chi connectivity index (χ4v) is 16.6. The monoisotopic (exact) mass is 727 g/mol. The zero-order valence-corrected chi connectivity index (χ0v) is 33.8. The Bertz CT molecular complexity index is 1290. The average Bonchev–Trinajstić information content (AvgIpc) is 3.64. The molecule has 15 heteroatoms. The van der Waals surface area contributed by atoms with Gasteiger partial charge in [-0.15, -0.1) is 0 Å². The second-order valence-corrected chi connectivity index (χ2v) is 24.5. The van der Waals surface area contributed by atoms with Crippen LogP contribution in [-0.2, 0) is 32.5 Å². The Morgan fingerprint density at radius 3 is 1.96 bits per heavy atom. The van der Waals surface area contributed by atoms with Gasteiger partial charge in [-0.25, -0.2) is 4.98 Å². The highest BCUT2D eigenvalue weighted by atomic mass is 28.4. The smallest absolute Gasteiger partial charge is 0.280 e. The lowest BCUT2D eigenvalue weighted by atomic mass is 10.2. The van der Waals surface area contributed by atoms with E-state index in [0.717, 1.165) is 24.9 Å². The minimum Gasteiger partial charge on any atom is -0.414 e. The molecule has 1 aliphatic rings. The van der Waals surface area contributed by atoms with Crippen molar-refractivity contribution in [2.24, 2.45) is 0 Å². The first-order chi connectivity index (χ1) is 23.3. The Morgan fingerprint density at radius 2 is 1.43 bits per heavy atom. The predicted molar refractivity (Wildman–Crippen MR) is 198 cm³/mol. The number of ether oxygens (including phenoxy) is 5. The molecule has 0 aliphatic carbocycles. The summed E-state index contributed by atoms with van der Waals surface area (Å²) in [5.41, 5.74) is 7.76. The van der Waals surface area contributed by atoms with Gasteiger partial charge in [0, 0.05) is 33.9 Å². The van der Waals surface area contributed by atoms with Crippen LogP contribution >= 0.6 is 0 Å². The molecule has 0 saturated carbocycles. The number of nitrogen functional groups attached to an aromatic ring is 1. The maximum atomic E-state index is 12.6. The zero-order valence-electron chi connectivity index (χ0n) is 31.8. The summed E-state index contributed by atoms with van der Waals surface area (Å²) in [6, 6.07) is 1.97. The normalized spacial score (nSPS) is 19.1. The van der Waals surface area contributed by atoms with Crippen molar-refractivity contribution in [1.82, 2.24) is 19.5 Å². The minimum absolute atomic E-state index is 0.0412. The number of aromatic nitrogens is 4. The molecule has 3 rings (SSSR count). The van der Waals surface area contributed by atoms with Gasteiger partial charge in [0.05, 0.1) is 45.5 Å². The molecule has 0 aromatic carbocycles. The molecule has 1 fully saturated rings. The van der Waals surface area contributed by atoms with E-state index in [2.05, 4.69) is 70.3 Å². The standard InChI is InChI=1S/C34H65N5O8Si2/c1-24(2)48(25(3)4,19-11-13-43-17-15-41-9)45-22-29-28(47-49(26(5)6,27(7)8)20-12-14-44-18-16-42-10)21-30(46-29)39-23-36-31-32(39)37-34(35)38-33(31)40/h23-30H,11-22H2,1-10H3,(H3,35,37,38,40)/t28-,29+,30+/m0/s1. The number of hydrogen-bond acceptors (Lipinski definition) is 11. The Morgan fingerprint density at radius 1 is 0.878 bits per heavy atom. The van der Waals surface area contributed by atoms with E-state index < -0.39 is 22.9 Å². The predicted octanol–water partition coefficient (Wildman–Crippen LogP) is 6.03. The van der Waals surface area contributed by atoms with E-state index in [0.29, 0.717) is 80.5 Å². The lowest BCUT2D eigenvalue weighted by molar-refractivity contribution is -0.0391. The number of hydrogen-bond donors (Lipinski definition) is 2. The van der Waals surface area contributed by atoms with Gasteiger partial charge in [-0.1, -0.05) is 55.4 Å². The largest absolute Gasteiger partial charge is 0.414 e. The fraction of sp³-hybridized carbons (Fsp3) is 0.853. The van der Waals surface area contributed by atoms with Crippen LogP contribution in [-0.4, -0.2) is 109 Å². The molecule has 0 bridgehead atoms. The lowest BCUT2D eigenvalue weighted by Crippen LogP contribution is -2.51. The van der Waals surface area contributed by atoms with Gasteiger partial charge in [0.1, 0.15) is 12.3 Å². The van der Waals surface area contributed by atoms with E-state index in [1.165, 1.54) is 0 Å². The van der Waals surface area contributed by atoms with Crippen LogP contribution in [0.3, 0.4) is 0 Å². The molecule has 13 nitrogen and oxygen atoms in total. The summed E-state index contributed by atoms with van der Waals surface area (Å²) in [7, 11) is -1.23. The number of rotatable bonds is 24. The average molecular weight is 728 g/mol. The van der Waals surface area contributed by atoms with Crippen LogP contribution in [0.15, 0.2) is 11.1 Å². The van der Waals surface area contributed by atoms with E-state index in [-0.39, 0.29) is 29.2 Å². The highest BCUT2D eigenvalue weighted by Gasteiger charge is 2.49. The van der Waals surface area contributed by atoms with Crippen molar-refractivity contribution < 1.29 is 32.5 Å². The van der Waals surface area contributed by atoms with E-state index in [9.17, 15) is 4.79 Å². The molecule has 1 saturated heterocycles. The Labute approximate surface area is 295 Å². The highest BCUT2D eigenvalue weighted by Crippen LogP contribution is 2.44. The molecule has 2 aromatic heterocycles. The number of methoxy groups -OCH3 is 2. The van der Waals surface area contributed by atoms with E-state index in [4.69, 9.17) is 38.3 Å².